The first-order valence-corrected chi connectivity index (χ1v) is 7.73. The van der Waals surface area contributed by atoms with Crippen molar-refractivity contribution in [1.82, 2.24) is 0 Å². The number of hydrogen-bond acceptors (Lipinski definition) is 1. The van der Waals surface area contributed by atoms with Crippen LogP contribution in [0, 0.1) is 0 Å². The molecule has 0 spiro atoms. The molecule has 1 atom stereocenters. The third-order valence-electron chi connectivity index (χ3n) is 4.18. The van der Waals surface area contributed by atoms with Crippen LogP contribution >= 0.6 is 11.6 Å². The van der Waals surface area contributed by atoms with Crippen LogP contribution in [0.5, 0.6) is 5.75 Å². The lowest BCUT2D eigenvalue weighted by atomic mass is 9.81. The molecule has 2 aromatic rings. The van der Waals surface area contributed by atoms with E-state index in [-0.39, 0.29) is 0 Å². The summed E-state index contributed by atoms with van der Waals surface area (Å²) in [6.45, 7) is 0. The van der Waals surface area contributed by atoms with Gasteiger partial charge in [-0.2, -0.15) is 0 Å². The fourth-order valence-electron chi connectivity index (χ4n) is 3.02. The van der Waals surface area contributed by atoms with Gasteiger partial charge in [-0.25, -0.2) is 0 Å². The predicted octanol–water partition coefficient (Wildman–Crippen LogP) is 5.70. The number of benzene rings is 2. The fourth-order valence-corrected chi connectivity index (χ4v) is 3.31. The van der Waals surface area contributed by atoms with Gasteiger partial charge in [0.1, 0.15) is 5.75 Å². The molecule has 0 aliphatic heterocycles. The van der Waals surface area contributed by atoms with Crippen LogP contribution in [0.2, 0.25) is 5.02 Å². The van der Waals surface area contributed by atoms with Gasteiger partial charge in [-0.05, 0) is 60.1 Å². The zero-order chi connectivity index (χ0) is 14.7. The number of hydrogen-bond donors (Lipinski definition) is 0. The molecule has 0 saturated carbocycles. The largest absolute Gasteiger partial charge is 0.497 e. The Morgan fingerprint density at radius 1 is 1.05 bits per heavy atom. The molecule has 1 aliphatic carbocycles. The second kappa shape index (κ2) is 6.36. The minimum absolute atomic E-state index is 0.515. The molecule has 2 aromatic carbocycles. The van der Waals surface area contributed by atoms with Gasteiger partial charge >= 0.3 is 0 Å². The Bertz CT molecular complexity index is 643. The number of halogens is 1. The average Bonchev–Trinajstić information content (AvgIpc) is 2.55. The summed E-state index contributed by atoms with van der Waals surface area (Å²) < 4.78 is 5.23. The van der Waals surface area contributed by atoms with Crippen LogP contribution in [-0.2, 0) is 0 Å². The molecule has 1 unspecified atom stereocenters. The Hall–Kier alpha value is -1.73. The van der Waals surface area contributed by atoms with E-state index in [1.807, 2.05) is 24.3 Å². The van der Waals surface area contributed by atoms with Crippen molar-refractivity contribution in [1.29, 1.82) is 0 Å². The number of ether oxygens (including phenoxy) is 1. The van der Waals surface area contributed by atoms with Crippen LogP contribution in [0.3, 0.4) is 0 Å². The SMILES string of the molecule is COc1ccc(C2=CCCC(c3ccccc3Cl)C2)cc1. The topological polar surface area (TPSA) is 9.23 Å². The summed E-state index contributed by atoms with van der Waals surface area (Å²) in [7, 11) is 1.70. The molecule has 1 aliphatic rings. The summed E-state index contributed by atoms with van der Waals surface area (Å²) in [5, 5.41) is 0.887. The maximum atomic E-state index is 6.35. The molecular weight excluding hydrogens is 280 g/mol. The number of methoxy groups -OCH3 is 1. The monoisotopic (exact) mass is 298 g/mol. The zero-order valence-corrected chi connectivity index (χ0v) is 12.9. The van der Waals surface area contributed by atoms with Gasteiger partial charge in [0.2, 0.25) is 0 Å². The van der Waals surface area contributed by atoms with Gasteiger partial charge in [0.25, 0.3) is 0 Å². The van der Waals surface area contributed by atoms with Gasteiger partial charge in [0.15, 0.2) is 0 Å². The first-order chi connectivity index (χ1) is 10.3. The van der Waals surface area contributed by atoms with Crippen molar-refractivity contribution in [3.05, 3.63) is 70.8 Å². The van der Waals surface area contributed by atoms with Crippen molar-refractivity contribution in [2.45, 2.75) is 25.2 Å². The zero-order valence-electron chi connectivity index (χ0n) is 12.2. The van der Waals surface area contributed by atoms with Crippen LogP contribution in [0.1, 0.15) is 36.3 Å². The maximum absolute atomic E-state index is 6.35. The van der Waals surface area contributed by atoms with E-state index >= 15 is 0 Å². The van der Waals surface area contributed by atoms with Crippen molar-refractivity contribution in [2.75, 3.05) is 7.11 Å². The molecule has 0 amide bonds. The third kappa shape index (κ3) is 3.14. The molecule has 3 rings (SSSR count). The standard InChI is InChI=1S/C19H19ClO/c1-21-17-11-9-14(10-12-17)15-5-4-6-16(13-15)18-7-2-3-8-19(18)20/h2-3,5,7-12,16H,4,6,13H2,1H3. The van der Waals surface area contributed by atoms with Gasteiger partial charge in [0.05, 0.1) is 7.11 Å². The quantitative estimate of drug-likeness (QED) is 0.706. The third-order valence-corrected chi connectivity index (χ3v) is 4.52. The van der Waals surface area contributed by atoms with E-state index in [1.165, 1.54) is 23.1 Å². The van der Waals surface area contributed by atoms with Gasteiger partial charge in [0, 0.05) is 5.02 Å². The predicted molar refractivity (Wildman–Crippen MR) is 89.0 cm³/mol. The fraction of sp³-hybridized carbons (Fsp3) is 0.263. The minimum Gasteiger partial charge on any atom is -0.497 e. The Balaban J connectivity index is 1.82. The summed E-state index contributed by atoms with van der Waals surface area (Å²) in [5.41, 5.74) is 3.97. The highest BCUT2D eigenvalue weighted by molar-refractivity contribution is 6.31. The smallest absolute Gasteiger partial charge is 0.118 e. The molecule has 0 N–H and O–H groups in total. The summed E-state index contributed by atoms with van der Waals surface area (Å²) in [5.74, 6) is 1.42. The van der Waals surface area contributed by atoms with Gasteiger partial charge < -0.3 is 4.74 Å². The molecule has 0 aromatic heterocycles. The highest BCUT2D eigenvalue weighted by atomic mass is 35.5. The Labute approximate surface area is 131 Å². The second-order valence-corrected chi connectivity index (χ2v) is 5.86. The molecule has 2 heteroatoms. The first-order valence-electron chi connectivity index (χ1n) is 7.36. The lowest BCUT2D eigenvalue weighted by Crippen LogP contribution is -2.05. The van der Waals surface area contributed by atoms with Gasteiger partial charge in [-0.15, -0.1) is 0 Å². The van der Waals surface area contributed by atoms with Crippen molar-refractivity contribution in [3.63, 3.8) is 0 Å². The van der Waals surface area contributed by atoms with E-state index < -0.39 is 0 Å². The summed E-state index contributed by atoms with van der Waals surface area (Å²) in [4.78, 5) is 0. The number of rotatable bonds is 3. The molecule has 0 saturated heterocycles. The van der Waals surface area contributed by atoms with Crippen LogP contribution in [0.25, 0.3) is 5.57 Å². The molecule has 1 nitrogen and oxygen atoms in total. The Morgan fingerprint density at radius 3 is 2.52 bits per heavy atom. The van der Waals surface area contributed by atoms with Crippen LogP contribution in [-0.4, -0.2) is 7.11 Å². The lowest BCUT2D eigenvalue weighted by molar-refractivity contribution is 0.415. The van der Waals surface area contributed by atoms with Crippen LogP contribution in [0.4, 0.5) is 0 Å². The van der Waals surface area contributed by atoms with E-state index in [4.69, 9.17) is 16.3 Å². The summed E-state index contributed by atoms with van der Waals surface area (Å²) in [6.07, 6.45) is 5.69. The summed E-state index contributed by atoms with van der Waals surface area (Å²) in [6, 6.07) is 16.5. The van der Waals surface area contributed by atoms with E-state index in [0.29, 0.717) is 5.92 Å². The molecule has 108 valence electrons. The Morgan fingerprint density at radius 2 is 1.81 bits per heavy atom. The molecule has 0 fully saturated rings. The molecule has 21 heavy (non-hydrogen) atoms. The highest BCUT2D eigenvalue weighted by Crippen LogP contribution is 2.39. The minimum atomic E-state index is 0.515. The Kier molecular flexibility index (Phi) is 4.31. The van der Waals surface area contributed by atoms with E-state index in [1.54, 1.807) is 7.11 Å². The normalized spacial score (nSPS) is 18.2. The summed E-state index contributed by atoms with van der Waals surface area (Å²) >= 11 is 6.35. The average molecular weight is 299 g/mol. The lowest BCUT2D eigenvalue weighted by Gasteiger charge is -2.24. The first kappa shape index (κ1) is 14.2. The highest BCUT2D eigenvalue weighted by Gasteiger charge is 2.20. The second-order valence-electron chi connectivity index (χ2n) is 5.46. The van der Waals surface area contributed by atoms with Crippen LogP contribution < -0.4 is 4.74 Å². The maximum Gasteiger partial charge on any atom is 0.118 e. The number of allylic oxidation sites excluding steroid dienone is 2. The molecule has 0 radical (unpaired) electrons. The van der Waals surface area contributed by atoms with Crippen LogP contribution in [0.15, 0.2) is 54.6 Å². The van der Waals surface area contributed by atoms with Crippen molar-refractivity contribution in [2.24, 2.45) is 0 Å². The van der Waals surface area contributed by atoms with E-state index in [9.17, 15) is 0 Å². The van der Waals surface area contributed by atoms with E-state index in [2.05, 4.69) is 30.3 Å². The van der Waals surface area contributed by atoms with E-state index in [0.717, 1.165) is 23.6 Å². The van der Waals surface area contributed by atoms with Gasteiger partial charge in [-0.1, -0.05) is 48.0 Å². The molecular formula is C19H19ClO. The molecule has 0 bridgehead atoms. The van der Waals surface area contributed by atoms with Crippen molar-refractivity contribution in [3.8, 4) is 5.75 Å². The molecule has 0 heterocycles. The van der Waals surface area contributed by atoms with Gasteiger partial charge in [-0.3, -0.25) is 0 Å². The van der Waals surface area contributed by atoms with Crippen molar-refractivity contribution < 1.29 is 4.74 Å². The van der Waals surface area contributed by atoms with Crippen molar-refractivity contribution >= 4 is 17.2 Å².